The first kappa shape index (κ1) is 27.0. The number of nitrogens with zero attached hydrogens (tertiary/aromatic N) is 2. The van der Waals surface area contributed by atoms with Crippen LogP contribution in [0, 0.1) is 0 Å². The number of nitrogens with one attached hydrogen (secondary N) is 2. The van der Waals surface area contributed by atoms with Crippen LogP contribution in [0.1, 0.15) is 36.8 Å². The Morgan fingerprint density at radius 2 is 1.84 bits per heavy atom. The zero-order valence-electron chi connectivity index (χ0n) is 20.8. The molecule has 12 heteroatoms. The minimum absolute atomic E-state index is 0.101. The summed E-state index contributed by atoms with van der Waals surface area (Å²) in [4.78, 5) is 17.1. The molecule has 0 spiro atoms. The molecule has 4 aromatic rings. The van der Waals surface area contributed by atoms with E-state index in [4.69, 9.17) is 19.1 Å². The largest absolute Gasteiger partial charge is 0.496 e. The number of ether oxygens (including phenoxy) is 2. The fraction of sp³-hybridized carbons (Fsp3) is 0.269. The van der Waals surface area contributed by atoms with Gasteiger partial charge in [0.1, 0.15) is 18.4 Å². The highest BCUT2D eigenvalue weighted by molar-refractivity contribution is 7.87. The lowest BCUT2D eigenvalue weighted by Crippen LogP contribution is -2.32. The van der Waals surface area contributed by atoms with Gasteiger partial charge >= 0.3 is 6.09 Å². The molecule has 0 aliphatic carbocycles. The molecular weight excluding hydrogens is 510 g/mol. The first-order chi connectivity index (χ1) is 18.3. The number of carbonyl (C=O) groups is 1. The SMILES string of the molecule is COc1cc(-c2noc([C@@H](CCCCNS(N)(=O)=O)NC(=O)OCc3ccccc3)n2)cc2ccccc12. The summed E-state index contributed by atoms with van der Waals surface area (Å²) in [6.45, 7) is 0.264. The lowest BCUT2D eigenvalue weighted by atomic mass is 10.1. The van der Waals surface area contributed by atoms with Crippen molar-refractivity contribution in [2.24, 2.45) is 5.14 Å². The minimum atomic E-state index is -3.77. The molecule has 11 nitrogen and oxygen atoms in total. The van der Waals surface area contributed by atoms with E-state index in [1.54, 1.807) is 7.11 Å². The lowest BCUT2D eigenvalue weighted by molar-refractivity contribution is 0.132. The third kappa shape index (κ3) is 7.51. The molecule has 0 bridgehead atoms. The first-order valence-electron chi connectivity index (χ1n) is 12.0. The normalized spacial score (nSPS) is 12.3. The van der Waals surface area contributed by atoms with Crippen LogP contribution in [-0.2, 0) is 21.6 Å². The third-order valence-electron chi connectivity index (χ3n) is 5.77. The molecule has 0 radical (unpaired) electrons. The fourth-order valence-corrected chi connectivity index (χ4v) is 4.35. The lowest BCUT2D eigenvalue weighted by Gasteiger charge is -2.15. The molecule has 1 atom stereocenters. The van der Waals surface area contributed by atoms with Gasteiger partial charge in [-0.15, -0.1) is 0 Å². The van der Waals surface area contributed by atoms with Gasteiger partial charge in [-0.05, 0) is 42.3 Å². The summed E-state index contributed by atoms with van der Waals surface area (Å²) < 4.78 is 40.9. The maximum absolute atomic E-state index is 12.6. The highest BCUT2D eigenvalue weighted by atomic mass is 32.2. The van der Waals surface area contributed by atoms with Crippen LogP contribution in [0.25, 0.3) is 22.2 Å². The Labute approximate surface area is 220 Å². The van der Waals surface area contributed by atoms with Gasteiger partial charge in [0, 0.05) is 17.5 Å². The summed E-state index contributed by atoms with van der Waals surface area (Å²) >= 11 is 0. The summed E-state index contributed by atoms with van der Waals surface area (Å²) in [6, 6.07) is 20.2. The average Bonchev–Trinajstić information content (AvgIpc) is 3.41. The van der Waals surface area contributed by atoms with E-state index in [1.165, 1.54) is 0 Å². The number of rotatable bonds is 12. The van der Waals surface area contributed by atoms with E-state index in [2.05, 4.69) is 20.2 Å². The molecule has 1 heterocycles. The number of benzene rings is 3. The van der Waals surface area contributed by atoms with Crippen LogP contribution in [0.15, 0.2) is 71.3 Å². The van der Waals surface area contributed by atoms with Gasteiger partial charge in [-0.25, -0.2) is 14.7 Å². The molecule has 200 valence electrons. The summed E-state index contributed by atoms with van der Waals surface area (Å²) in [5.74, 6) is 1.21. The quantitative estimate of drug-likeness (QED) is 0.229. The summed E-state index contributed by atoms with van der Waals surface area (Å²) in [7, 11) is -2.17. The van der Waals surface area contributed by atoms with Gasteiger partial charge in [0.25, 0.3) is 10.2 Å². The van der Waals surface area contributed by atoms with Crippen molar-refractivity contribution in [2.75, 3.05) is 13.7 Å². The number of fused-ring (bicyclic) bond motifs is 1. The number of amides is 1. The Morgan fingerprint density at radius 3 is 2.61 bits per heavy atom. The zero-order chi connectivity index (χ0) is 27.0. The second kappa shape index (κ2) is 12.5. The summed E-state index contributed by atoms with van der Waals surface area (Å²) in [6.07, 6.45) is 0.772. The molecule has 0 saturated carbocycles. The van der Waals surface area contributed by atoms with Crippen molar-refractivity contribution in [3.05, 3.63) is 78.2 Å². The zero-order valence-corrected chi connectivity index (χ0v) is 21.6. The van der Waals surface area contributed by atoms with Crippen molar-refractivity contribution in [2.45, 2.75) is 31.9 Å². The van der Waals surface area contributed by atoms with E-state index in [0.717, 1.165) is 16.3 Å². The van der Waals surface area contributed by atoms with Gasteiger partial charge in [-0.1, -0.05) is 59.8 Å². The molecule has 4 rings (SSSR count). The Bertz CT molecular complexity index is 1480. The Morgan fingerprint density at radius 1 is 1.08 bits per heavy atom. The highest BCUT2D eigenvalue weighted by Crippen LogP contribution is 2.32. The molecule has 38 heavy (non-hydrogen) atoms. The molecule has 0 fully saturated rings. The van der Waals surface area contributed by atoms with E-state index < -0.39 is 22.3 Å². The van der Waals surface area contributed by atoms with E-state index >= 15 is 0 Å². The Hall–Kier alpha value is -4.00. The standard InChI is InChI=1S/C26H29N5O6S/c1-35-23-16-20(15-19-11-5-6-12-21(19)23)24-30-25(37-31-24)22(13-7-8-14-28-38(27,33)34)29-26(32)36-17-18-9-3-2-4-10-18/h2-6,9-12,15-16,22,28H,7-8,13-14,17H2,1H3,(H,29,32)(H2,27,33,34)/t22-/m1/s1. The average molecular weight is 540 g/mol. The molecular formula is C26H29N5O6S. The van der Waals surface area contributed by atoms with Crippen molar-refractivity contribution < 1.29 is 27.2 Å². The Balaban J connectivity index is 1.49. The third-order valence-corrected chi connectivity index (χ3v) is 6.38. The Kier molecular flexibility index (Phi) is 8.89. The number of methoxy groups -OCH3 is 1. The fourth-order valence-electron chi connectivity index (χ4n) is 3.92. The predicted octanol–water partition coefficient (Wildman–Crippen LogP) is 3.83. The number of hydrogen-bond acceptors (Lipinski definition) is 8. The number of aromatic nitrogens is 2. The minimum Gasteiger partial charge on any atom is -0.496 e. The van der Waals surface area contributed by atoms with E-state index in [0.29, 0.717) is 36.4 Å². The molecule has 4 N–H and O–H groups in total. The topological polar surface area (TPSA) is 159 Å². The van der Waals surface area contributed by atoms with Crippen molar-refractivity contribution >= 4 is 27.1 Å². The molecule has 0 aliphatic heterocycles. The van der Waals surface area contributed by atoms with Crippen LogP contribution in [0.4, 0.5) is 4.79 Å². The maximum atomic E-state index is 12.6. The highest BCUT2D eigenvalue weighted by Gasteiger charge is 2.23. The smallest absolute Gasteiger partial charge is 0.408 e. The van der Waals surface area contributed by atoms with Crippen LogP contribution in [0.2, 0.25) is 0 Å². The second-order valence-corrected chi connectivity index (χ2v) is 9.93. The molecule has 0 unspecified atom stereocenters. The van der Waals surface area contributed by atoms with Gasteiger partial charge in [0.2, 0.25) is 11.7 Å². The number of carbonyl (C=O) groups excluding carboxylic acids is 1. The van der Waals surface area contributed by atoms with Gasteiger partial charge < -0.3 is 19.3 Å². The van der Waals surface area contributed by atoms with Gasteiger partial charge in [0.15, 0.2) is 0 Å². The number of hydrogen-bond donors (Lipinski definition) is 3. The molecule has 0 aliphatic rings. The van der Waals surface area contributed by atoms with E-state index in [-0.39, 0.29) is 19.0 Å². The van der Waals surface area contributed by atoms with Crippen LogP contribution in [0.5, 0.6) is 5.75 Å². The van der Waals surface area contributed by atoms with Gasteiger partial charge in [0.05, 0.1) is 7.11 Å². The van der Waals surface area contributed by atoms with Crippen LogP contribution in [0.3, 0.4) is 0 Å². The molecule has 1 aromatic heterocycles. The summed E-state index contributed by atoms with van der Waals surface area (Å²) in [5.41, 5.74) is 1.54. The van der Waals surface area contributed by atoms with Gasteiger partial charge in [-0.2, -0.15) is 13.4 Å². The van der Waals surface area contributed by atoms with Gasteiger partial charge in [-0.3, -0.25) is 0 Å². The first-order valence-corrected chi connectivity index (χ1v) is 13.5. The van der Waals surface area contributed by atoms with Crippen molar-refractivity contribution in [3.63, 3.8) is 0 Å². The van der Waals surface area contributed by atoms with Crippen LogP contribution in [-0.4, -0.2) is 38.3 Å². The maximum Gasteiger partial charge on any atom is 0.408 e. The number of nitrogens with two attached hydrogens (primary N) is 1. The van der Waals surface area contributed by atoms with E-state index in [9.17, 15) is 13.2 Å². The predicted molar refractivity (Wildman–Crippen MR) is 141 cm³/mol. The molecule has 0 saturated heterocycles. The van der Waals surface area contributed by atoms with Crippen molar-refractivity contribution in [1.82, 2.24) is 20.2 Å². The van der Waals surface area contributed by atoms with Crippen LogP contribution < -0.4 is 19.9 Å². The molecule has 1 amide bonds. The van der Waals surface area contributed by atoms with Crippen molar-refractivity contribution in [1.29, 1.82) is 0 Å². The number of unbranched alkanes of at least 4 members (excludes halogenated alkanes) is 1. The molecule has 3 aromatic carbocycles. The van der Waals surface area contributed by atoms with E-state index in [1.807, 2.05) is 66.7 Å². The second-order valence-electron chi connectivity index (χ2n) is 8.55. The van der Waals surface area contributed by atoms with Crippen molar-refractivity contribution in [3.8, 4) is 17.1 Å². The monoisotopic (exact) mass is 539 g/mol. The summed E-state index contributed by atoms with van der Waals surface area (Å²) in [5, 5.41) is 13.8. The number of alkyl carbamates (subject to hydrolysis) is 1. The van der Waals surface area contributed by atoms with Crippen LogP contribution >= 0.6 is 0 Å².